The van der Waals surface area contributed by atoms with E-state index in [-0.39, 0.29) is 10.6 Å². The largest absolute Gasteiger partial charge is 0.478 e. The Bertz CT molecular complexity index is 485. The summed E-state index contributed by atoms with van der Waals surface area (Å²) in [6.07, 6.45) is 4.54. The van der Waals surface area contributed by atoms with Crippen LogP contribution < -0.4 is 4.90 Å². The fourth-order valence-corrected chi connectivity index (χ4v) is 2.06. The standard InChI is InChI=1S/C12H13ClN2O2/c1-8-3-2-4-15(7-8)11-5-9(12(16)17)10(13)6-14-11/h3,5-6H,2,4,7H2,1H3,(H,16,17). The zero-order valence-electron chi connectivity index (χ0n) is 9.48. The number of aromatic carboxylic acids is 1. The van der Waals surface area contributed by atoms with E-state index in [1.165, 1.54) is 17.8 Å². The summed E-state index contributed by atoms with van der Waals surface area (Å²) in [5.41, 5.74) is 1.37. The third-order valence-electron chi connectivity index (χ3n) is 2.73. The molecule has 1 aliphatic heterocycles. The van der Waals surface area contributed by atoms with Gasteiger partial charge in [0.05, 0.1) is 10.6 Å². The lowest BCUT2D eigenvalue weighted by atomic mass is 10.1. The SMILES string of the molecule is CC1=CCCN(c2cc(C(=O)O)c(Cl)cn2)C1. The highest BCUT2D eigenvalue weighted by molar-refractivity contribution is 6.33. The Balaban J connectivity index is 2.30. The van der Waals surface area contributed by atoms with Crippen LogP contribution in [0.1, 0.15) is 23.7 Å². The van der Waals surface area contributed by atoms with Crippen LogP contribution in [0.5, 0.6) is 0 Å². The molecule has 0 fully saturated rings. The maximum atomic E-state index is 11.0. The third-order valence-corrected chi connectivity index (χ3v) is 3.03. The third kappa shape index (κ3) is 2.58. The lowest BCUT2D eigenvalue weighted by Crippen LogP contribution is -2.30. The van der Waals surface area contributed by atoms with Crippen LogP contribution in [-0.4, -0.2) is 29.1 Å². The molecule has 1 N–H and O–H groups in total. The molecule has 90 valence electrons. The van der Waals surface area contributed by atoms with Crippen molar-refractivity contribution < 1.29 is 9.90 Å². The molecule has 0 spiro atoms. The Kier molecular flexibility index (Phi) is 3.33. The van der Waals surface area contributed by atoms with Gasteiger partial charge in [0.2, 0.25) is 0 Å². The molecule has 0 unspecified atom stereocenters. The van der Waals surface area contributed by atoms with Crippen molar-refractivity contribution in [2.75, 3.05) is 18.0 Å². The van der Waals surface area contributed by atoms with Crippen LogP contribution in [-0.2, 0) is 0 Å². The molecule has 0 atom stereocenters. The van der Waals surface area contributed by atoms with Gasteiger partial charge in [0.15, 0.2) is 0 Å². The normalized spacial score (nSPS) is 15.6. The number of aromatic nitrogens is 1. The van der Waals surface area contributed by atoms with Crippen molar-refractivity contribution in [1.82, 2.24) is 4.98 Å². The second-order valence-electron chi connectivity index (χ2n) is 4.09. The van der Waals surface area contributed by atoms with E-state index in [9.17, 15) is 4.79 Å². The first-order chi connectivity index (χ1) is 8.08. The number of carboxylic acids is 1. The molecule has 0 saturated heterocycles. The van der Waals surface area contributed by atoms with Crippen molar-refractivity contribution in [2.24, 2.45) is 0 Å². The second kappa shape index (κ2) is 4.75. The van der Waals surface area contributed by atoms with E-state index < -0.39 is 5.97 Å². The second-order valence-corrected chi connectivity index (χ2v) is 4.50. The Morgan fingerprint density at radius 1 is 1.59 bits per heavy atom. The maximum absolute atomic E-state index is 11.0. The minimum Gasteiger partial charge on any atom is -0.478 e. The molecule has 5 heteroatoms. The summed E-state index contributed by atoms with van der Waals surface area (Å²) >= 11 is 5.79. The van der Waals surface area contributed by atoms with Gasteiger partial charge in [-0.25, -0.2) is 9.78 Å². The number of halogens is 1. The van der Waals surface area contributed by atoms with Gasteiger partial charge in [0.1, 0.15) is 5.82 Å². The summed E-state index contributed by atoms with van der Waals surface area (Å²) in [6.45, 7) is 3.69. The predicted octanol–water partition coefficient (Wildman–Crippen LogP) is 2.59. The molecule has 1 aliphatic rings. The highest BCUT2D eigenvalue weighted by Gasteiger charge is 2.16. The first kappa shape index (κ1) is 11.9. The Morgan fingerprint density at radius 2 is 2.35 bits per heavy atom. The molecular formula is C12H13ClN2O2. The molecule has 0 amide bonds. The van der Waals surface area contributed by atoms with Gasteiger partial charge in [-0.3, -0.25) is 0 Å². The average Bonchev–Trinajstić information content (AvgIpc) is 2.29. The smallest absolute Gasteiger partial charge is 0.337 e. The number of rotatable bonds is 2. The zero-order valence-corrected chi connectivity index (χ0v) is 10.2. The van der Waals surface area contributed by atoms with Gasteiger partial charge in [-0.2, -0.15) is 0 Å². The van der Waals surface area contributed by atoms with Crippen LogP contribution in [0, 0.1) is 0 Å². The monoisotopic (exact) mass is 252 g/mol. The van der Waals surface area contributed by atoms with E-state index in [1.807, 2.05) is 0 Å². The van der Waals surface area contributed by atoms with Crippen LogP contribution >= 0.6 is 11.6 Å². The Hall–Kier alpha value is -1.55. The van der Waals surface area contributed by atoms with Gasteiger partial charge >= 0.3 is 5.97 Å². The topological polar surface area (TPSA) is 53.4 Å². The van der Waals surface area contributed by atoms with Gasteiger partial charge in [-0.05, 0) is 19.4 Å². The number of nitrogens with zero attached hydrogens (tertiary/aromatic N) is 2. The molecule has 4 nitrogen and oxygen atoms in total. The quantitative estimate of drug-likeness (QED) is 0.822. The summed E-state index contributed by atoms with van der Waals surface area (Å²) < 4.78 is 0. The number of anilines is 1. The van der Waals surface area contributed by atoms with Crippen molar-refractivity contribution in [3.63, 3.8) is 0 Å². The molecule has 1 aromatic rings. The van der Waals surface area contributed by atoms with Crippen molar-refractivity contribution in [3.05, 3.63) is 34.5 Å². The number of hydrogen-bond acceptors (Lipinski definition) is 3. The van der Waals surface area contributed by atoms with Crippen LogP contribution in [0.25, 0.3) is 0 Å². The molecule has 2 rings (SSSR count). The fraction of sp³-hybridized carbons (Fsp3) is 0.333. The Labute approximate surface area is 105 Å². The van der Waals surface area contributed by atoms with Crippen molar-refractivity contribution in [3.8, 4) is 0 Å². The van der Waals surface area contributed by atoms with Gasteiger partial charge in [-0.15, -0.1) is 0 Å². The van der Waals surface area contributed by atoms with E-state index >= 15 is 0 Å². The number of carbonyl (C=O) groups is 1. The van der Waals surface area contributed by atoms with Gasteiger partial charge in [-0.1, -0.05) is 23.3 Å². The van der Waals surface area contributed by atoms with Crippen LogP contribution in [0.15, 0.2) is 23.9 Å². The molecule has 0 aromatic carbocycles. The first-order valence-corrected chi connectivity index (χ1v) is 5.75. The van der Waals surface area contributed by atoms with Crippen LogP contribution in [0.2, 0.25) is 5.02 Å². The highest BCUT2D eigenvalue weighted by Crippen LogP contribution is 2.22. The average molecular weight is 253 g/mol. The lowest BCUT2D eigenvalue weighted by molar-refractivity contribution is 0.0697. The summed E-state index contributed by atoms with van der Waals surface area (Å²) in [4.78, 5) is 17.2. The van der Waals surface area contributed by atoms with E-state index in [4.69, 9.17) is 16.7 Å². The van der Waals surface area contributed by atoms with E-state index in [0.29, 0.717) is 5.82 Å². The molecule has 0 saturated carbocycles. The number of carboxylic acid groups (broad SMARTS) is 1. The minimum atomic E-state index is -1.03. The van der Waals surface area contributed by atoms with E-state index in [2.05, 4.69) is 22.9 Å². The number of hydrogen-bond donors (Lipinski definition) is 1. The summed E-state index contributed by atoms with van der Waals surface area (Å²) in [7, 11) is 0. The molecule has 17 heavy (non-hydrogen) atoms. The van der Waals surface area contributed by atoms with Crippen molar-refractivity contribution in [2.45, 2.75) is 13.3 Å². The van der Waals surface area contributed by atoms with Crippen LogP contribution in [0.4, 0.5) is 5.82 Å². The molecule has 1 aromatic heterocycles. The minimum absolute atomic E-state index is 0.101. The Morgan fingerprint density at radius 3 is 3.00 bits per heavy atom. The molecule has 0 bridgehead atoms. The predicted molar refractivity (Wildman–Crippen MR) is 66.8 cm³/mol. The van der Waals surface area contributed by atoms with Gasteiger partial charge in [0, 0.05) is 19.3 Å². The first-order valence-electron chi connectivity index (χ1n) is 5.37. The fourth-order valence-electron chi connectivity index (χ4n) is 1.87. The van der Waals surface area contributed by atoms with Crippen molar-refractivity contribution >= 4 is 23.4 Å². The summed E-state index contributed by atoms with van der Waals surface area (Å²) in [5.74, 6) is -0.359. The van der Waals surface area contributed by atoms with Gasteiger partial charge < -0.3 is 10.0 Å². The molecular weight excluding hydrogens is 240 g/mol. The summed E-state index contributed by atoms with van der Waals surface area (Å²) in [6, 6.07) is 1.53. The molecule has 0 aliphatic carbocycles. The number of pyridine rings is 1. The maximum Gasteiger partial charge on any atom is 0.337 e. The van der Waals surface area contributed by atoms with Crippen molar-refractivity contribution in [1.29, 1.82) is 0 Å². The summed E-state index contributed by atoms with van der Waals surface area (Å²) in [5, 5.41) is 9.17. The zero-order chi connectivity index (χ0) is 12.4. The molecule has 2 heterocycles. The van der Waals surface area contributed by atoms with E-state index in [1.54, 1.807) is 0 Å². The lowest BCUT2D eigenvalue weighted by Gasteiger charge is -2.27. The highest BCUT2D eigenvalue weighted by atomic mass is 35.5. The van der Waals surface area contributed by atoms with E-state index in [0.717, 1.165) is 19.5 Å². The van der Waals surface area contributed by atoms with Gasteiger partial charge in [0.25, 0.3) is 0 Å². The van der Waals surface area contributed by atoms with Crippen LogP contribution in [0.3, 0.4) is 0 Å². The molecule has 0 radical (unpaired) electrons.